The molecule has 0 aliphatic rings. The summed E-state index contributed by atoms with van der Waals surface area (Å²) in [5.41, 5.74) is 0. The summed E-state index contributed by atoms with van der Waals surface area (Å²) in [6.45, 7) is 4.09. The van der Waals surface area contributed by atoms with Crippen LogP contribution in [0.1, 0.15) is 20.3 Å². The highest BCUT2D eigenvalue weighted by atomic mass is 35.5. The van der Waals surface area contributed by atoms with E-state index in [9.17, 15) is 4.79 Å². The van der Waals surface area contributed by atoms with Crippen LogP contribution >= 0.6 is 11.6 Å². The number of aromatic nitrogens is 1. The third-order valence-corrected chi connectivity index (χ3v) is 2.44. The van der Waals surface area contributed by atoms with E-state index in [1.54, 1.807) is 18.2 Å². The van der Waals surface area contributed by atoms with Crippen molar-refractivity contribution in [3.8, 4) is 0 Å². The van der Waals surface area contributed by atoms with Gasteiger partial charge in [-0.25, -0.2) is 9.78 Å². The Morgan fingerprint density at radius 1 is 1.53 bits per heavy atom. The minimum Gasteiger partial charge on any atom is -0.467 e. The van der Waals surface area contributed by atoms with Gasteiger partial charge in [0.1, 0.15) is 17.0 Å². The molecule has 1 rings (SSSR count). The van der Waals surface area contributed by atoms with Crippen molar-refractivity contribution in [2.45, 2.75) is 26.3 Å². The standard InChI is InChI=1S/C12H17ClN2O2/c1-8(2)7-9(12(16)17-3)14-11-6-4-5-10(13)15-11/h4-6,8-9H,7H2,1-3H3,(H,14,15). The summed E-state index contributed by atoms with van der Waals surface area (Å²) in [7, 11) is 1.38. The molecule has 1 aromatic heterocycles. The first-order chi connectivity index (χ1) is 8.02. The van der Waals surface area contributed by atoms with Gasteiger partial charge in [0.05, 0.1) is 7.11 Å². The van der Waals surface area contributed by atoms with Crippen molar-refractivity contribution in [2.75, 3.05) is 12.4 Å². The van der Waals surface area contributed by atoms with Crippen molar-refractivity contribution in [1.82, 2.24) is 4.98 Å². The van der Waals surface area contributed by atoms with Gasteiger partial charge in [-0.05, 0) is 24.5 Å². The molecule has 1 atom stereocenters. The van der Waals surface area contributed by atoms with E-state index in [2.05, 4.69) is 10.3 Å². The van der Waals surface area contributed by atoms with E-state index in [-0.39, 0.29) is 5.97 Å². The Hall–Kier alpha value is -1.29. The highest BCUT2D eigenvalue weighted by Gasteiger charge is 2.20. The fourth-order valence-electron chi connectivity index (χ4n) is 1.49. The molecular formula is C12H17ClN2O2. The fourth-order valence-corrected chi connectivity index (χ4v) is 1.66. The van der Waals surface area contributed by atoms with Crippen LogP contribution in [-0.2, 0) is 9.53 Å². The number of ether oxygens (including phenoxy) is 1. The van der Waals surface area contributed by atoms with Crippen molar-refractivity contribution in [3.05, 3.63) is 23.4 Å². The summed E-state index contributed by atoms with van der Waals surface area (Å²) in [6, 6.07) is 4.83. The zero-order chi connectivity index (χ0) is 12.8. The highest BCUT2D eigenvalue weighted by Crippen LogP contribution is 2.14. The van der Waals surface area contributed by atoms with Gasteiger partial charge < -0.3 is 10.1 Å². The Morgan fingerprint density at radius 3 is 2.76 bits per heavy atom. The molecule has 1 heterocycles. The Bertz CT molecular complexity index is 383. The summed E-state index contributed by atoms with van der Waals surface area (Å²) in [4.78, 5) is 15.7. The molecule has 0 bridgehead atoms. The number of rotatable bonds is 5. The molecule has 0 saturated carbocycles. The summed E-state index contributed by atoms with van der Waals surface area (Å²) in [6.07, 6.45) is 0.681. The molecule has 0 amide bonds. The number of methoxy groups -OCH3 is 1. The maximum absolute atomic E-state index is 11.6. The van der Waals surface area contributed by atoms with Gasteiger partial charge in [-0.3, -0.25) is 0 Å². The van der Waals surface area contributed by atoms with Crippen LogP contribution in [0.2, 0.25) is 5.15 Å². The second-order valence-electron chi connectivity index (χ2n) is 4.20. The van der Waals surface area contributed by atoms with Gasteiger partial charge in [-0.2, -0.15) is 0 Å². The number of hydrogen-bond acceptors (Lipinski definition) is 4. The molecule has 0 saturated heterocycles. The van der Waals surface area contributed by atoms with Crippen molar-refractivity contribution in [2.24, 2.45) is 5.92 Å². The van der Waals surface area contributed by atoms with E-state index in [0.29, 0.717) is 23.3 Å². The molecular weight excluding hydrogens is 240 g/mol. The van der Waals surface area contributed by atoms with Crippen molar-refractivity contribution in [3.63, 3.8) is 0 Å². The van der Waals surface area contributed by atoms with Crippen molar-refractivity contribution in [1.29, 1.82) is 0 Å². The second kappa shape index (κ2) is 6.45. The molecule has 0 aromatic carbocycles. The molecule has 5 heteroatoms. The first-order valence-electron chi connectivity index (χ1n) is 5.50. The number of carbonyl (C=O) groups is 1. The normalized spacial score (nSPS) is 12.3. The maximum Gasteiger partial charge on any atom is 0.328 e. The number of hydrogen-bond donors (Lipinski definition) is 1. The van der Waals surface area contributed by atoms with Gasteiger partial charge in [0.2, 0.25) is 0 Å². The van der Waals surface area contributed by atoms with E-state index >= 15 is 0 Å². The molecule has 4 nitrogen and oxygen atoms in total. The number of halogens is 1. The average molecular weight is 257 g/mol. The molecule has 1 aromatic rings. The zero-order valence-electron chi connectivity index (χ0n) is 10.2. The summed E-state index contributed by atoms with van der Waals surface area (Å²) in [5, 5.41) is 3.42. The lowest BCUT2D eigenvalue weighted by atomic mass is 10.0. The van der Waals surface area contributed by atoms with Crippen LogP contribution in [0.4, 0.5) is 5.82 Å². The van der Waals surface area contributed by atoms with E-state index in [1.807, 2.05) is 13.8 Å². The van der Waals surface area contributed by atoms with Crippen LogP contribution in [0, 0.1) is 5.92 Å². The molecule has 0 aliphatic heterocycles. The van der Waals surface area contributed by atoms with Crippen LogP contribution in [0.3, 0.4) is 0 Å². The number of anilines is 1. The molecule has 0 radical (unpaired) electrons. The molecule has 17 heavy (non-hydrogen) atoms. The molecule has 0 spiro atoms. The number of nitrogens with one attached hydrogen (secondary N) is 1. The average Bonchev–Trinajstić information content (AvgIpc) is 2.26. The van der Waals surface area contributed by atoms with Gasteiger partial charge >= 0.3 is 5.97 Å². The smallest absolute Gasteiger partial charge is 0.328 e. The van der Waals surface area contributed by atoms with E-state index in [0.717, 1.165) is 0 Å². The van der Waals surface area contributed by atoms with Gasteiger partial charge in [0.15, 0.2) is 0 Å². The monoisotopic (exact) mass is 256 g/mol. The van der Waals surface area contributed by atoms with Gasteiger partial charge in [0.25, 0.3) is 0 Å². The number of pyridine rings is 1. The third kappa shape index (κ3) is 4.61. The Morgan fingerprint density at radius 2 is 2.24 bits per heavy atom. The fraction of sp³-hybridized carbons (Fsp3) is 0.500. The number of esters is 1. The summed E-state index contributed by atoms with van der Waals surface area (Å²) >= 11 is 5.78. The lowest BCUT2D eigenvalue weighted by Gasteiger charge is -2.18. The number of carbonyl (C=O) groups excluding carboxylic acids is 1. The molecule has 1 unspecified atom stereocenters. The van der Waals surface area contributed by atoms with Crippen LogP contribution in [-0.4, -0.2) is 24.1 Å². The van der Waals surface area contributed by atoms with Gasteiger partial charge in [0, 0.05) is 0 Å². The van der Waals surface area contributed by atoms with E-state index in [1.165, 1.54) is 7.11 Å². The Kier molecular flexibility index (Phi) is 5.22. The van der Waals surface area contributed by atoms with Crippen LogP contribution in [0.25, 0.3) is 0 Å². The Balaban J connectivity index is 2.75. The lowest BCUT2D eigenvalue weighted by molar-refractivity contribution is -0.141. The molecule has 0 fully saturated rings. The highest BCUT2D eigenvalue weighted by molar-refractivity contribution is 6.29. The first-order valence-corrected chi connectivity index (χ1v) is 5.87. The molecule has 1 N–H and O–H groups in total. The largest absolute Gasteiger partial charge is 0.467 e. The first kappa shape index (κ1) is 13.8. The van der Waals surface area contributed by atoms with Crippen molar-refractivity contribution >= 4 is 23.4 Å². The van der Waals surface area contributed by atoms with Crippen LogP contribution < -0.4 is 5.32 Å². The van der Waals surface area contributed by atoms with Crippen LogP contribution in [0.15, 0.2) is 18.2 Å². The van der Waals surface area contributed by atoms with Gasteiger partial charge in [-0.15, -0.1) is 0 Å². The second-order valence-corrected chi connectivity index (χ2v) is 4.58. The minimum atomic E-state index is -0.397. The topological polar surface area (TPSA) is 51.2 Å². The zero-order valence-corrected chi connectivity index (χ0v) is 11.0. The minimum absolute atomic E-state index is 0.291. The quantitative estimate of drug-likeness (QED) is 0.650. The van der Waals surface area contributed by atoms with E-state index in [4.69, 9.17) is 16.3 Å². The van der Waals surface area contributed by atoms with Crippen molar-refractivity contribution < 1.29 is 9.53 Å². The van der Waals surface area contributed by atoms with Crippen LogP contribution in [0.5, 0.6) is 0 Å². The SMILES string of the molecule is COC(=O)C(CC(C)C)Nc1cccc(Cl)n1. The third-order valence-electron chi connectivity index (χ3n) is 2.23. The molecule has 94 valence electrons. The predicted octanol–water partition coefficient (Wildman–Crippen LogP) is 2.73. The molecule has 0 aliphatic carbocycles. The predicted molar refractivity (Wildman–Crippen MR) is 68.1 cm³/mol. The summed E-state index contributed by atoms with van der Waals surface area (Å²) in [5.74, 6) is 0.666. The Labute approximate surface area is 106 Å². The lowest BCUT2D eigenvalue weighted by Crippen LogP contribution is -2.32. The summed E-state index contributed by atoms with van der Waals surface area (Å²) < 4.78 is 4.75. The van der Waals surface area contributed by atoms with E-state index < -0.39 is 6.04 Å². The number of nitrogens with zero attached hydrogens (tertiary/aromatic N) is 1. The van der Waals surface area contributed by atoms with Gasteiger partial charge in [-0.1, -0.05) is 31.5 Å². The maximum atomic E-state index is 11.6.